The van der Waals surface area contributed by atoms with Gasteiger partial charge in [0, 0.05) is 32.1 Å². The van der Waals surface area contributed by atoms with Crippen LogP contribution in [-0.2, 0) is 18.3 Å². The Labute approximate surface area is 171 Å². The fraction of sp³-hybridized carbons (Fsp3) is 0.368. The molecule has 5 heterocycles. The number of nitrogens with zero attached hydrogens (tertiary/aromatic N) is 7. The Morgan fingerprint density at radius 1 is 1.27 bits per heavy atom. The van der Waals surface area contributed by atoms with Crippen LogP contribution in [0.15, 0.2) is 37.1 Å². The van der Waals surface area contributed by atoms with Crippen LogP contribution in [0.25, 0.3) is 16.7 Å². The molecule has 4 aromatic rings. The average molecular weight is 412 g/mol. The number of rotatable bonds is 7. The third-order valence-corrected chi connectivity index (χ3v) is 4.84. The lowest BCUT2D eigenvalue weighted by Crippen LogP contribution is -2.17. The second kappa shape index (κ2) is 7.75. The van der Waals surface area contributed by atoms with Gasteiger partial charge in [0.15, 0.2) is 0 Å². The molecule has 1 N–H and O–H groups in total. The van der Waals surface area contributed by atoms with E-state index in [-0.39, 0.29) is 12.6 Å². The van der Waals surface area contributed by atoms with Crippen molar-refractivity contribution in [1.29, 1.82) is 0 Å². The molecule has 0 aromatic carbocycles. The van der Waals surface area contributed by atoms with E-state index in [9.17, 15) is 4.39 Å². The second-order valence-electron chi connectivity index (χ2n) is 7.05. The topological polar surface area (TPSA) is 96.8 Å². The maximum Gasteiger partial charge on any atom is 0.244 e. The summed E-state index contributed by atoms with van der Waals surface area (Å²) < 4.78 is 29.4. The summed E-state index contributed by atoms with van der Waals surface area (Å²) in [6.45, 7) is 0.914. The Hall–Kier alpha value is -3.47. The predicted molar refractivity (Wildman–Crippen MR) is 107 cm³/mol. The van der Waals surface area contributed by atoms with Crippen molar-refractivity contribution in [3.8, 4) is 11.6 Å². The molecule has 5 rings (SSSR count). The number of aryl methyl sites for hydroxylation is 2. The lowest BCUT2D eigenvalue weighted by atomic mass is 10.3. The zero-order valence-corrected chi connectivity index (χ0v) is 16.4. The van der Waals surface area contributed by atoms with Crippen LogP contribution in [0.5, 0.6) is 5.88 Å². The van der Waals surface area contributed by atoms with E-state index in [0.717, 1.165) is 23.1 Å². The summed E-state index contributed by atoms with van der Waals surface area (Å²) in [5.41, 5.74) is 3.04. The molecule has 0 radical (unpaired) electrons. The van der Waals surface area contributed by atoms with Crippen LogP contribution in [-0.4, -0.2) is 60.1 Å². The van der Waals surface area contributed by atoms with Crippen molar-refractivity contribution >= 4 is 22.7 Å². The van der Waals surface area contributed by atoms with E-state index in [2.05, 4.69) is 25.5 Å². The van der Waals surface area contributed by atoms with Gasteiger partial charge in [-0.15, -0.1) is 0 Å². The number of aromatic nitrogens is 7. The van der Waals surface area contributed by atoms with Crippen LogP contribution in [0.1, 0.15) is 6.42 Å². The molecule has 1 fully saturated rings. The zero-order chi connectivity index (χ0) is 20.5. The van der Waals surface area contributed by atoms with Crippen molar-refractivity contribution in [3.63, 3.8) is 0 Å². The number of ether oxygens (including phenoxy) is 2. The summed E-state index contributed by atoms with van der Waals surface area (Å²) >= 11 is 0. The van der Waals surface area contributed by atoms with E-state index in [1.165, 1.54) is 4.68 Å². The molecule has 0 amide bonds. The van der Waals surface area contributed by atoms with Crippen LogP contribution in [0, 0.1) is 0 Å². The summed E-state index contributed by atoms with van der Waals surface area (Å²) in [4.78, 5) is 9.24. The summed E-state index contributed by atoms with van der Waals surface area (Å²) in [5, 5.41) is 11.5. The van der Waals surface area contributed by atoms with Gasteiger partial charge < -0.3 is 19.4 Å². The number of alkyl halides is 1. The maximum atomic E-state index is 12.5. The molecular formula is C19H21FN8O2. The van der Waals surface area contributed by atoms with E-state index in [1.54, 1.807) is 23.3 Å². The normalized spacial score (nSPS) is 16.4. The predicted octanol–water partition coefficient (Wildman–Crippen LogP) is 2.23. The molecule has 1 atom stereocenters. The van der Waals surface area contributed by atoms with Crippen molar-refractivity contribution in [3.05, 3.63) is 37.1 Å². The second-order valence-corrected chi connectivity index (χ2v) is 7.05. The first kappa shape index (κ1) is 18.6. The van der Waals surface area contributed by atoms with Gasteiger partial charge in [-0.05, 0) is 6.07 Å². The minimum Gasteiger partial charge on any atom is -0.470 e. The molecule has 1 saturated heterocycles. The van der Waals surface area contributed by atoms with Crippen LogP contribution < -0.4 is 10.1 Å². The average Bonchev–Trinajstić information content (AvgIpc) is 3.50. The summed E-state index contributed by atoms with van der Waals surface area (Å²) in [6, 6.07) is 1.90. The largest absolute Gasteiger partial charge is 0.470 e. The fourth-order valence-electron chi connectivity index (χ4n) is 3.43. The quantitative estimate of drug-likeness (QED) is 0.497. The standard InChI is InChI=1S/C19H21FN8O2/c1-26-11-14(9-21-26)28-5-2-16-17(28)18(30-15-3-7-29-12-15)25-19(24-16)23-13-8-22-27(10-13)6-4-20/h2,5,8-11,15H,3-4,6-7,12H2,1H3,(H,23,24,25)/t15-/m0/s1. The molecule has 10 nitrogen and oxygen atoms in total. The number of anilines is 2. The SMILES string of the molecule is Cn1cc(-n2ccc3nc(Nc4cnn(CCF)c4)nc(O[C@H]4CCOC4)c32)cn1. The highest BCUT2D eigenvalue weighted by molar-refractivity contribution is 5.84. The Bertz CT molecular complexity index is 1160. The third kappa shape index (κ3) is 3.59. The highest BCUT2D eigenvalue weighted by atomic mass is 19.1. The van der Waals surface area contributed by atoms with Gasteiger partial charge >= 0.3 is 0 Å². The van der Waals surface area contributed by atoms with Crippen LogP contribution in [0.4, 0.5) is 16.0 Å². The number of hydrogen-bond donors (Lipinski definition) is 1. The van der Waals surface area contributed by atoms with E-state index in [0.29, 0.717) is 30.7 Å². The molecule has 0 aliphatic carbocycles. The molecule has 0 unspecified atom stereocenters. The van der Waals surface area contributed by atoms with Gasteiger partial charge in [0.1, 0.15) is 18.3 Å². The Morgan fingerprint density at radius 2 is 2.20 bits per heavy atom. The van der Waals surface area contributed by atoms with E-state index in [4.69, 9.17) is 9.47 Å². The highest BCUT2D eigenvalue weighted by Gasteiger charge is 2.22. The van der Waals surface area contributed by atoms with Gasteiger partial charge in [-0.1, -0.05) is 0 Å². The highest BCUT2D eigenvalue weighted by Crippen LogP contribution is 2.30. The minimum absolute atomic E-state index is 0.0690. The van der Waals surface area contributed by atoms with Gasteiger partial charge in [0.2, 0.25) is 11.8 Å². The Morgan fingerprint density at radius 3 is 2.97 bits per heavy atom. The van der Waals surface area contributed by atoms with E-state index < -0.39 is 6.67 Å². The first-order valence-electron chi connectivity index (χ1n) is 9.67. The number of fused-ring (bicyclic) bond motifs is 1. The van der Waals surface area contributed by atoms with Gasteiger partial charge in [0.25, 0.3) is 0 Å². The molecule has 1 aliphatic heterocycles. The van der Waals surface area contributed by atoms with E-state index >= 15 is 0 Å². The lowest BCUT2D eigenvalue weighted by Gasteiger charge is -2.14. The fourth-order valence-corrected chi connectivity index (χ4v) is 3.43. The Kier molecular flexibility index (Phi) is 4.79. The molecule has 0 saturated carbocycles. The van der Waals surface area contributed by atoms with Crippen LogP contribution in [0.3, 0.4) is 0 Å². The van der Waals surface area contributed by atoms with Crippen molar-refractivity contribution in [2.45, 2.75) is 19.1 Å². The summed E-state index contributed by atoms with van der Waals surface area (Å²) in [7, 11) is 1.87. The van der Waals surface area contributed by atoms with Gasteiger partial charge in [0.05, 0.1) is 49.0 Å². The zero-order valence-electron chi connectivity index (χ0n) is 16.4. The summed E-state index contributed by atoms with van der Waals surface area (Å²) in [6.07, 6.45) is 9.64. The van der Waals surface area contributed by atoms with Gasteiger partial charge in [-0.3, -0.25) is 9.36 Å². The molecule has 0 bridgehead atoms. The van der Waals surface area contributed by atoms with Gasteiger partial charge in [-0.25, -0.2) is 9.37 Å². The molecule has 0 spiro atoms. The maximum absolute atomic E-state index is 12.5. The first-order valence-corrected chi connectivity index (χ1v) is 9.67. The molecular weight excluding hydrogens is 391 g/mol. The van der Waals surface area contributed by atoms with Crippen LogP contribution >= 0.6 is 0 Å². The monoisotopic (exact) mass is 412 g/mol. The van der Waals surface area contributed by atoms with Crippen molar-refractivity contribution in [2.24, 2.45) is 7.05 Å². The number of nitrogens with one attached hydrogen (secondary N) is 1. The van der Waals surface area contributed by atoms with E-state index in [1.807, 2.05) is 30.1 Å². The van der Waals surface area contributed by atoms with Gasteiger partial charge in [-0.2, -0.15) is 15.2 Å². The van der Waals surface area contributed by atoms with Crippen molar-refractivity contribution in [2.75, 3.05) is 25.2 Å². The van der Waals surface area contributed by atoms with Crippen LogP contribution in [0.2, 0.25) is 0 Å². The first-order chi connectivity index (χ1) is 14.7. The molecule has 1 aliphatic rings. The minimum atomic E-state index is -0.479. The van der Waals surface area contributed by atoms with Crippen molar-refractivity contribution in [1.82, 2.24) is 34.1 Å². The third-order valence-electron chi connectivity index (χ3n) is 4.84. The number of halogens is 1. The lowest BCUT2D eigenvalue weighted by molar-refractivity contribution is 0.139. The molecule has 30 heavy (non-hydrogen) atoms. The molecule has 11 heteroatoms. The molecule has 4 aromatic heterocycles. The Balaban J connectivity index is 1.54. The summed E-state index contributed by atoms with van der Waals surface area (Å²) in [5.74, 6) is 0.836. The smallest absolute Gasteiger partial charge is 0.244 e. The number of hydrogen-bond acceptors (Lipinski definition) is 7. The van der Waals surface area contributed by atoms with Crippen molar-refractivity contribution < 1.29 is 13.9 Å². The molecule has 156 valence electrons.